The SMILES string of the molecule is COc1cc(OC)nc(Oc2cccc(-c3cccnc3)c2C(=O)OCc2ccccc2)n1. The van der Waals surface area contributed by atoms with Gasteiger partial charge in [0.25, 0.3) is 0 Å². The van der Waals surface area contributed by atoms with E-state index in [0.717, 1.165) is 11.1 Å². The fourth-order valence-electron chi connectivity index (χ4n) is 3.12. The predicted molar refractivity (Wildman–Crippen MR) is 120 cm³/mol. The van der Waals surface area contributed by atoms with Crippen molar-refractivity contribution in [2.45, 2.75) is 6.61 Å². The summed E-state index contributed by atoms with van der Waals surface area (Å²) >= 11 is 0. The minimum Gasteiger partial charge on any atom is -0.481 e. The lowest BCUT2D eigenvalue weighted by atomic mass is 10.00. The van der Waals surface area contributed by atoms with Gasteiger partial charge >= 0.3 is 12.0 Å². The Kier molecular flexibility index (Phi) is 6.75. The summed E-state index contributed by atoms with van der Waals surface area (Å²) < 4.78 is 21.9. The standard InChI is InChI=1S/C25H21N3O5/c1-30-21-14-22(31-2)28-25(27-21)33-20-12-6-11-19(18-10-7-13-26-15-18)23(20)24(29)32-16-17-8-4-3-5-9-17/h3-15H,16H2,1-2H3. The lowest BCUT2D eigenvalue weighted by molar-refractivity contribution is 0.0470. The maximum absolute atomic E-state index is 13.3. The second kappa shape index (κ2) is 10.2. The summed E-state index contributed by atoms with van der Waals surface area (Å²) in [5, 5.41) is 0. The largest absolute Gasteiger partial charge is 0.481 e. The van der Waals surface area contributed by atoms with E-state index >= 15 is 0 Å². The number of hydrogen-bond donors (Lipinski definition) is 0. The first kappa shape index (κ1) is 21.8. The van der Waals surface area contributed by atoms with Crippen LogP contribution in [0, 0.1) is 0 Å². The van der Waals surface area contributed by atoms with Gasteiger partial charge in [0.1, 0.15) is 17.9 Å². The van der Waals surface area contributed by atoms with Crippen LogP contribution in [-0.2, 0) is 11.3 Å². The summed E-state index contributed by atoms with van der Waals surface area (Å²) in [5.74, 6) is 0.190. The Morgan fingerprint density at radius 3 is 2.30 bits per heavy atom. The smallest absolute Gasteiger partial charge is 0.342 e. The summed E-state index contributed by atoms with van der Waals surface area (Å²) in [7, 11) is 2.95. The first-order chi connectivity index (χ1) is 16.2. The van der Waals surface area contributed by atoms with Crippen molar-refractivity contribution in [3.63, 3.8) is 0 Å². The van der Waals surface area contributed by atoms with E-state index in [1.165, 1.54) is 20.3 Å². The molecule has 4 rings (SSSR count). The first-order valence-electron chi connectivity index (χ1n) is 10.1. The molecule has 0 N–H and O–H groups in total. The van der Waals surface area contributed by atoms with Crippen LogP contribution in [-0.4, -0.2) is 35.1 Å². The maximum Gasteiger partial charge on any atom is 0.342 e. The molecule has 0 unspecified atom stereocenters. The van der Waals surface area contributed by atoms with Crippen molar-refractivity contribution in [3.05, 3.63) is 90.3 Å². The van der Waals surface area contributed by atoms with Crippen molar-refractivity contribution < 1.29 is 23.7 Å². The quantitative estimate of drug-likeness (QED) is 0.362. The van der Waals surface area contributed by atoms with Crippen molar-refractivity contribution in [2.24, 2.45) is 0 Å². The number of nitrogens with zero attached hydrogens (tertiary/aromatic N) is 3. The highest BCUT2D eigenvalue weighted by molar-refractivity contribution is 6.00. The molecule has 2 aromatic carbocycles. The molecule has 0 spiro atoms. The van der Waals surface area contributed by atoms with Gasteiger partial charge in [-0.25, -0.2) is 4.79 Å². The molecule has 0 amide bonds. The highest BCUT2D eigenvalue weighted by atomic mass is 16.5. The summed E-state index contributed by atoms with van der Waals surface area (Å²) in [6.07, 6.45) is 3.33. The molecule has 0 saturated carbocycles. The molecular weight excluding hydrogens is 422 g/mol. The van der Waals surface area contributed by atoms with Gasteiger partial charge < -0.3 is 18.9 Å². The molecule has 0 aliphatic carbocycles. The molecular formula is C25H21N3O5. The van der Waals surface area contributed by atoms with Gasteiger partial charge in [0.15, 0.2) is 0 Å². The molecule has 0 saturated heterocycles. The highest BCUT2D eigenvalue weighted by Crippen LogP contribution is 2.34. The Hall–Kier alpha value is -4.46. The fraction of sp³-hybridized carbons (Fsp3) is 0.120. The molecule has 0 radical (unpaired) electrons. The number of carbonyl (C=O) groups is 1. The number of methoxy groups -OCH3 is 2. The average molecular weight is 443 g/mol. The van der Waals surface area contributed by atoms with Crippen LogP contribution in [0.1, 0.15) is 15.9 Å². The van der Waals surface area contributed by atoms with Gasteiger partial charge in [-0.2, -0.15) is 9.97 Å². The van der Waals surface area contributed by atoms with Crippen LogP contribution in [0.2, 0.25) is 0 Å². The predicted octanol–water partition coefficient (Wildman–Crippen LogP) is 4.71. The van der Waals surface area contributed by atoms with Crippen molar-refractivity contribution in [2.75, 3.05) is 14.2 Å². The number of carbonyl (C=O) groups excluding carboxylic acids is 1. The second-order valence-electron chi connectivity index (χ2n) is 6.82. The van der Waals surface area contributed by atoms with Crippen LogP contribution in [0.25, 0.3) is 11.1 Å². The minimum atomic E-state index is -0.553. The maximum atomic E-state index is 13.3. The third-order valence-electron chi connectivity index (χ3n) is 4.69. The zero-order valence-electron chi connectivity index (χ0n) is 18.1. The Bertz CT molecular complexity index is 1210. The molecule has 8 nitrogen and oxygen atoms in total. The molecule has 0 bridgehead atoms. The van der Waals surface area contributed by atoms with Gasteiger partial charge in [-0.05, 0) is 17.7 Å². The van der Waals surface area contributed by atoms with Gasteiger partial charge in [-0.3, -0.25) is 4.98 Å². The van der Waals surface area contributed by atoms with Crippen LogP contribution in [0.3, 0.4) is 0 Å². The number of aromatic nitrogens is 3. The first-order valence-corrected chi connectivity index (χ1v) is 10.1. The average Bonchev–Trinajstić information content (AvgIpc) is 2.88. The van der Waals surface area contributed by atoms with E-state index < -0.39 is 5.97 Å². The lowest BCUT2D eigenvalue weighted by Crippen LogP contribution is -2.10. The topological polar surface area (TPSA) is 92.7 Å². The third-order valence-corrected chi connectivity index (χ3v) is 4.69. The van der Waals surface area contributed by atoms with E-state index in [1.54, 1.807) is 36.7 Å². The Morgan fingerprint density at radius 1 is 0.879 bits per heavy atom. The molecule has 8 heteroatoms. The Labute approximate surface area is 190 Å². The van der Waals surface area contributed by atoms with Gasteiger partial charge in [-0.1, -0.05) is 48.5 Å². The number of pyridine rings is 1. The fourth-order valence-corrected chi connectivity index (χ4v) is 3.12. The zero-order valence-corrected chi connectivity index (χ0v) is 18.1. The van der Waals surface area contributed by atoms with Crippen molar-refractivity contribution in [1.82, 2.24) is 15.0 Å². The van der Waals surface area contributed by atoms with E-state index in [1.807, 2.05) is 36.4 Å². The van der Waals surface area contributed by atoms with Crippen LogP contribution in [0.4, 0.5) is 0 Å². The number of benzene rings is 2. The normalized spacial score (nSPS) is 10.4. The Balaban J connectivity index is 1.73. The number of esters is 1. The minimum absolute atomic E-state index is 0.0355. The number of rotatable bonds is 8. The second-order valence-corrected chi connectivity index (χ2v) is 6.82. The molecule has 2 heterocycles. The molecule has 4 aromatic rings. The molecule has 166 valence electrons. The summed E-state index contributed by atoms with van der Waals surface area (Å²) in [6, 6.07) is 19.8. The monoisotopic (exact) mass is 443 g/mol. The van der Waals surface area contributed by atoms with Crippen LogP contribution in [0.15, 0.2) is 79.1 Å². The Morgan fingerprint density at radius 2 is 1.64 bits per heavy atom. The highest BCUT2D eigenvalue weighted by Gasteiger charge is 2.22. The third kappa shape index (κ3) is 5.24. The molecule has 0 aliphatic rings. The van der Waals surface area contributed by atoms with Gasteiger partial charge in [0, 0.05) is 23.5 Å². The molecule has 0 aliphatic heterocycles. The van der Waals surface area contributed by atoms with Crippen LogP contribution < -0.4 is 14.2 Å². The summed E-state index contributed by atoms with van der Waals surface area (Å²) in [6.45, 7) is 0.115. The van der Waals surface area contributed by atoms with Crippen molar-refractivity contribution in [3.8, 4) is 34.6 Å². The molecule has 2 aromatic heterocycles. The summed E-state index contributed by atoms with van der Waals surface area (Å²) in [4.78, 5) is 25.8. The van der Waals surface area contributed by atoms with Gasteiger partial charge in [0.05, 0.1) is 20.3 Å². The number of ether oxygens (including phenoxy) is 4. The van der Waals surface area contributed by atoms with E-state index in [2.05, 4.69) is 15.0 Å². The molecule has 33 heavy (non-hydrogen) atoms. The zero-order chi connectivity index (χ0) is 23.0. The summed E-state index contributed by atoms with van der Waals surface area (Å²) in [5.41, 5.74) is 2.44. The lowest BCUT2D eigenvalue weighted by Gasteiger charge is -2.15. The van der Waals surface area contributed by atoms with Gasteiger partial charge in [-0.15, -0.1) is 0 Å². The number of hydrogen-bond acceptors (Lipinski definition) is 8. The van der Waals surface area contributed by atoms with E-state index in [9.17, 15) is 4.79 Å². The van der Waals surface area contributed by atoms with E-state index in [4.69, 9.17) is 18.9 Å². The van der Waals surface area contributed by atoms with E-state index in [0.29, 0.717) is 5.56 Å². The van der Waals surface area contributed by atoms with Crippen LogP contribution >= 0.6 is 0 Å². The van der Waals surface area contributed by atoms with E-state index in [-0.39, 0.29) is 35.7 Å². The molecule has 0 atom stereocenters. The molecule has 0 fully saturated rings. The van der Waals surface area contributed by atoms with Gasteiger partial charge in [0.2, 0.25) is 11.8 Å². The van der Waals surface area contributed by atoms with Crippen molar-refractivity contribution >= 4 is 5.97 Å². The van der Waals surface area contributed by atoms with Crippen molar-refractivity contribution in [1.29, 1.82) is 0 Å². The van der Waals surface area contributed by atoms with Crippen LogP contribution in [0.5, 0.6) is 23.5 Å².